The van der Waals surface area contributed by atoms with Crippen molar-refractivity contribution in [3.63, 3.8) is 0 Å². The molecule has 0 radical (unpaired) electrons. The first-order valence-electron chi connectivity index (χ1n) is 8.28. The van der Waals surface area contributed by atoms with Crippen LogP contribution in [-0.2, 0) is 14.8 Å². The molecular weight excluding hydrogens is 430 g/mol. The number of carbonyl (C=O) groups excluding carboxylic acids is 1. The molecule has 0 aromatic heterocycles. The Morgan fingerprint density at radius 3 is 2.68 bits per heavy atom. The van der Waals surface area contributed by atoms with Gasteiger partial charge in [0.05, 0.1) is 35.7 Å². The Balaban J connectivity index is 1.86. The van der Waals surface area contributed by atoms with E-state index in [1.54, 1.807) is 12.1 Å². The summed E-state index contributed by atoms with van der Waals surface area (Å²) in [6.45, 7) is 0.654. The highest BCUT2D eigenvalue weighted by atomic mass is 35.5. The average Bonchev–Trinajstić information content (AvgIpc) is 2.63. The zero-order valence-electron chi connectivity index (χ0n) is 14.8. The number of para-hydroxylation sites is 1. The minimum Gasteiger partial charge on any atom is -0.370 e. The van der Waals surface area contributed by atoms with E-state index < -0.39 is 21.9 Å². The van der Waals surface area contributed by atoms with Gasteiger partial charge in [-0.3, -0.25) is 9.52 Å². The number of rotatable bonds is 4. The molecule has 1 atom stereocenters. The van der Waals surface area contributed by atoms with Crippen molar-refractivity contribution in [2.24, 2.45) is 0 Å². The summed E-state index contributed by atoms with van der Waals surface area (Å²) in [5, 5.41) is 0.142. The van der Waals surface area contributed by atoms with Crippen LogP contribution in [0.15, 0.2) is 36.4 Å². The molecule has 28 heavy (non-hydrogen) atoms. The van der Waals surface area contributed by atoms with Gasteiger partial charge in [0.1, 0.15) is 11.9 Å². The smallest absolute Gasteiger partial charge is 0.256 e. The van der Waals surface area contributed by atoms with Crippen LogP contribution in [0.25, 0.3) is 0 Å². The van der Waals surface area contributed by atoms with E-state index in [1.807, 2.05) is 0 Å². The van der Waals surface area contributed by atoms with Gasteiger partial charge in [0.15, 0.2) is 0 Å². The Labute approximate surface area is 172 Å². The van der Waals surface area contributed by atoms with Crippen molar-refractivity contribution in [2.45, 2.75) is 6.10 Å². The normalized spacial score (nSPS) is 17.4. The van der Waals surface area contributed by atoms with Gasteiger partial charge in [-0.25, -0.2) is 12.8 Å². The number of hydrogen-bond acceptors (Lipinski definition) is 4. The lowest BCUT2D eigenvalue weighted by atomic mass is 10.1. The van der Waals surface area contributed by atoms with Crippen LogP contribution < -0.4 is 4.72 Å². The monoisotopic (exact) mass is 446 g/mol. The Hall–Kier alpha value is -1.87. The molecule has 1 fully saturated rings. The zero-order valence-corrected chi connectivity index (χ0v) is 17.1. The van der Waals surface area contributed by atoms with Crippen LogP contribution in [-0.4, -0.2) is 45.2 Å². The van der Waals surface area contributed by atoms with Crippen molar-refractivity contribution in [3.05, 3.63) is 63.4 Å². The van der Waals surface area contributed by atoms with E-state index in [2.05, 4.69) is 4.72 Å². The second-order valence-corrected chi connectivity index (χ2v) is 8.88. The van der Waals surface area contributed by atoms with Gasteiger partial charge in [0.25, 0.3) is 5.91 Å². The molecule has 0 spiro atoms. The first-order valence-corrected chi connectivity index (χ1v) is 10.9. The number of nitrogens with one attached hydrogen (secondary N) is 1. The summed E-state index contributed by atoms with van der Waals surface area (Å²) >= 11 is 11.9. The van der Waals surface area contributed by atoms with Crippen molar-refractivity contribution >= 4 is 44.8 Å². The Kier molecular flexibility index (Phi) is 6.14. The molecule has 1 saturated heterocycles. The predicted octanol–water partition coefficient (Wildman–Crippen LogP) is 3.72. The number of anilines is 1. The molecule has 1 aliphatic rings. The summed E-state index contributed by atoms with van der Waals surface area (Å²) < 4.78 is 45.0. The third-order valence-electron chi connectivity index (χ3n) is 4.19. The number of halogens is 3. The number of hydrogen-bond donors (Lipinski definition) is 1. The highest BCUT2D eigenvalue weighted by Crippen LogP contribution is 2.33. The quantitative estimate of drug-likeness (QED) is 0.726. The molecule has 2 aromatic carbocycles. The number of sulfonamides is 1. The van der Waals surface area contributed by atoms with Crippen LogP contribution in [0.1, 0.15) is 22.0 Å². The summed E-state index contributed by atoms with van der Waals surface area (Å²) in [5.74, 6) is -0.999. The SMILES string of the molecule is CS(=O)(=O)Nc1ccccc1C(=O)N1CCO[C@@H](c2cc(F)c(Cl)cc2Cl)C1. The lowest BCUT2D eigenvalue weighted by Gasteiger charge is -2.34. The molecule has 1 aliphatic heterocycles. The number of ether oxygens (including phenoxy) is 1. The van der Waals surface area contributed by atoms with Crippen molar-refractivity contribution in [1.29, 1.82) is 0 Å². The minimum atomic E-state index is -3.55. The molecule has 0 bridgehead atoms. The zero-order chi connectivity index (χ0) is 20.5. The van der Waals surface area contributed by atoms with E-state index in [0.29, 0.717) is 12.1 Å². The molecule has 1 amide bonds. The third kappa shape index (κ3) is 4.75. The van der Waals surface area contributed by atoms with Crippen molar-refractivity contribution in [2.75, 3.05) is 30.7 Å². The second kappa shape index (κ2) is 8.24. The van der Waals surface area contributed by atoms with E-state index in [9.17, 15) is 17.6 Å². The maximum Gasteiger partial charge on any atom is 0.256 e. The molecule has 1 heterocycles. The van der Waals surface area contributed by atoms with Crippen LogP contribution in [0, 0.1) is 5.82 Å². The number of amides is 1. The molecule has 1 N–H and O–H groups in total. The molecule has 150 valence electrons. The van der Waals surface area contributed by atoms with Gasteiger partial charge in [-0.2, -0.15) is 0 Å². The fourth-order valence-corrected chi connectivity index (χ4v) is 4.02. The van der Waals surface area contributed by atoms with E-state index in [-0.39, 0.29) is 40.4 Å². The van der Waals surface area contributed by atoms with Crippen LogP contribution >= 0.6 is 23.2 Å². The second-order valence-electron chi connectivity index (χ2n) is 6.32. The van der Waals surface area contributed by atoms with Gasteiger partial charge in [-0.1, -0.05) is 35.3 Å². The number of benzene rings is 2. The van der Waals surface area contributed by atoms with Crippen molar-refractivity contribution in [1.82, 2.24) is 4.90 Å². The molecular formula is C18H17Cl2FN2O4S. The number of morpholine rings is 1. The van der Waals surface area contributed by atoms with Gasteiger partial charge >= 0.3 is 0 Å². The fourth-order valence-electron chi connectivity index (χ4n) is 2.94. The average molecular weight is 447 g/mol. The first-order chi connectivity index (χ1) is 13.2. The molecule has 0 unspecified atom stereocenters. The van der Waals surface area contributed by atoms with Crippen LogP contribution in [0.4, 0.5) is 10.1 Å². The molecule has 6 nitrogen and oxygen atoms in total. The van der Waals surface area contributed by atoms with Gasteiger partial charge < -0.3 is 9.64 Å². The molecule has 2 aromatic rings. The molecule has 0 saturated carbocycles. The van der Waals surface area contributed by atoms with E-state index in [4.69, 9.17) is 27.9 Å². The fraction of sp³-hybridized carbons (Fsp3) is 0.278. The minimum absolute atomic E-state index is 0.0988. The van der Waals surface area contributed by atoms with Crippen LogP contribution in [0.2, 0.25) is 10.0 Å². The predicted molar refractivity (Wildman–Crippen MR) is 106 cm³/mol. The summed E-state index contributed by atoms with van der Waals surface area (Å²) in [7, 11) is -3.55. The Bertz CT molecular complexity index is 1020. The van der Waals surface area contributed by atoms with E-state index in [0.717, 1.165) is 6.26 Å². The van der Waals surface area contributed by atoms with Gasteiger partial charge in [0.2, 0.25) is 10.0 Å². The highest BCUT2D eigenvalue weighted by Gasteiger charge is 2.29. The van der Waals surface area contributed by atoms with Gasteiger partial charge in [-0.05, 0) is 24.3 Å². The van der Waals surface area contributed by atoms with Crippen LogP contribution in [0.5, 0.6) is 0 Å². The maximum atomic E-state index is 13.9. The van der Waals surface area contributed by atoms with Crippen molar-refractivity contribution < 1.29 is 22.3 Å². The maximum absolute atomic E-state index is 13.9. The Morgan fingerprint density at radius 2 is 1.96 bits per heavy atom. The van der Waals surface area contributed by atoms with E-state index in [1.165, 1.54) is 29.2 Å². The lowest BCUT2D eigenvalue weighted by molar-refractivity contribution is -0.0228. The molecule has 0 aliphatic carbocycles. The van der Waals surface area contributed by atoms with Crippen LogP contribution in [0.3, 0.4) is 0 Å². The summed E-state index contributed by atoms with van der Waals surface area (Å²) in [4.78, 5) is 14.5. The Morgan fingerprint density at radius 1 is 1.25 bits per heavy atom. The highest BCUT2D eigenvalue weighted by molar-refractivity contribution is 7.92. The summed E-state index contributed by atoms with van der Waals surface area (Å²) in [5.41, 5.74) is 0.791. The summed E-state index contributed by atoms with van der Waals surface area (Å²) in [6.07, 6.45) is 0.378. The number of carbonyl (C=O) groups is 1. The molecule has 10 heteroatoms. The number of nitrogens with zero attached hydrogens (tertiary/aromatic N) is 1. The van der Waals surface area contributed by atoms with E-state index >= 15 is 0 Å². The largest absolute Gasteiger partial charge is 0.370 e. The third-order valence-corrected chi connectivity index (χ3v) is 5.40. The summed E-state index contributed by atoms with van der Waals surface area (Å²) in [6, 6.07) is 8.81. The van der Waals surface area contributed by atoms with Gasteiger partial charge in [-0.15, -0.1) is 0 Å². The first kappa shape index (κ1) is 20.9. The lowest BCUT2D eigenvalue weighted by Crippen LogP contribution is -2.42. The van der Waals surface area contributed by atoms with Gasteiger partial charge in [0, 0.05) is 17.1 Å². The topological polar surface area (TPSA) is 75.7 Å². The standard InChI is InChI=1S/C18H17Cl2FN2O4S/c1-28(25,26)22-16-5-3-2-4-11(16)18(24)23-6-7-27-17(10-23)12-8-15(21)14(20)9-13(12)19/h2-5,8-9,17,22H,6-7,10H2,1H3/t17-/m1/s1. The van der Waals surface area contributed by atoms with Crippen molar-refractivity contribution in [3.8, 4) is 0 Å². The molecule has 3 rings (SSSR count).